The normalized spacial score (nSPS) is 22.8. The van der Waals surface area contributed by atoms with Crippen LogP contribution < -0.4 is 5.73 Å². The monoisotopic (exact) mass is 213 g/mol. The molecule has 0 aromatic carbocycles. The number of nitrogens with zero attached hydrogens (tertiary/aromatic N) is 2. The molecule has 15 heavy (non-hydrogen) atoms. The first-order chi connectivity index (χ1) is 7.24. The molecule has 0 radical (unpaired) electrons. The van der Waals surface area contributed by atoms with Gasteiger partial charge in [0.05, 0.1) is 6.61 Å². The molecule has 4 nitrogen and oxygen atoms in total. The third-order valence-electron chi connectivity index (χ3n) is 2.68. The van der Waals surface area contributed by atoms with Crippen LogP contribution in [0.3, 0.4) is 0 Å². The highest BCUT2D eigenvalue weighted by Crippen LogP contribution is 2.14. The first-order valence-corrected chi connectivity index (χ1v) is 5.82. The van der Waals surface area contributed by atoms with Crippen molar-refractivity contribution in [3.8, 4) is 0 Å². The average molecular weight is 213 g/mol. The molecule has 0 bridgehead atoms. The summed E-state index contributed by atoms with van der Waals surface area (Å²) in [5, 5.41) is 0. The maximum atomic E-state index is 5.86. The molecule has 4 heteroatoms. The number of hydrogen-bond acceptors (Lipinski definition) is 2. The van der Waals surface area contributed by atoms with E-state index in [0.717, 1.165) is 32.7 Å². The largest absolute Gasteiger partial charge is 0.381 e. The van der Waals surface area contributed by atoms with Gasteiger partial charge in [0.15, 0.2) is 5.96 Å². The Bertz CT molecular complexity index is 200. The van der Waals surface area contributed by atoms with Gasteiger partial charge in [-0.25, -0.2) is 0 Å². The van der Waals surface area contributed by atoms with E-state index in [1.807, 2.05) is 11.9 Å². The van der Waals surface area contributed by atoms with Crippen LogP contribution in [0.25, 0.3) is 0 Å². The molecule has 0 saturated carbocycles. The Morgan fingerprint density at radius 2 is 2.40 bits per heavy atom. The van der Waals surface area contributed by atoms with Crippen molar-refractivity contribution in [3.63, 3.8) is 0 Å². The molecule has 1 fully saturated rings. The number of rotatable bonds is 4. The van der Waals surface area contributed by atoms with Crippen molar-refractivity contribution in [2.45, 2.75) is 26.2 Å². The van der Waals surface area contributed by atoms with E-state index in [4.69, 9.17) is 10.5 Å². The molecule has 0 spiro atoms. The van der Waals surface area contributed by atoms with Gasteiger partial charge in [-0.15, -0.1) is 0 Å². The number of hydrogen-bond donors (Lipinski definition) is 1. The maximum Gasteiger partial charge on any atom is 0.190 e. The van der Waals surface area contributed by atoms with E-state index in [-0.39, 0.29) is 0 Å². The van der Waals surface area contributed by atoms with Crippen molar-refractivity contribution >= 4 is 5.96 Å². The lowest BCUT2D eigenvalue weighted by Crippen LogP contribution is -2.39. The van der Waals surface area contributed by atoms with Gasteiger partial charge < -0.3 is 15.4 Å². The zero-order valence-electron chi connectivity index (χ0n) is 9.91. The molecule has 88 valence electrons. The van der Waals surface area contributed by atoms with E-state index in [0.29, 0.717) is 11.9 Å². The highest BCUT2D eigenvalue weighted by molar-refractivity contribution is 5.77. The molecule has 1 aliphatic heterocycles. The Labute approximate surface area is 92.5 Å². The van der Waals surface area contributed by atoms with Gasteiger partial charge in [0.1, 0.15) is 0 Å². The van der Waals surface area contributed by atoms with E-state index in [9.17, 15) is 0 Å². The Morgan fingerprint density at radius 1 is 1.60 bits per heavy atom. The van der Waals surface area contributed by atoms with E-state index >= 15 is 0 Å². The van der Waals surface area contributed by atoms with Crippen LogP contribution in [-0.4, -0.2) is 44.2 Å². The lowest BCUT2D eigenvalue weighted by Gasteiger charge is -2.27. The van der Waals surface area contributed by atoms with Gasteiger partial charge in [-0.05, 0) is 25.2 Å². The minimum Gasteiger partial charge on any atom is -0.381 e. The fourth-order valence-corrected chi connectivity index (χ4v) is 1.78. The molecule has 1 atom stereocenters. The zero-order chi connectivity index (χ0) is 11.1. The minimum atomic E-state index is 0.610. The number of nitrogens with two attached hydrogens (primary N) is 1. The van der Waals surface area contributed by atoms with Gasteiger partial charge >= 0.3 is 0 Å². The number of ether oxygens (including phenoxy) is 1. The first-order valence-electron chi connectivity index (χ1n) is 5.82. The number of aliphatic imine (C=N–C) groups is 1. The van der Waals surface area contributed by atoms with Crippen LogP contribution in [-0.2, 0) is 4.74 Å². The first kappa shape index (κ1) is 12.3. The lowest BCUT2D eigenvalue weighted by molar-refractivity contribution is 0.0484. The second kappa shape index (κ2) is 6.67. The fraction of sp³-hybridized carbons (Fsp3) is 0.909. The third kappa shape index (κ3) is 4.51. The standard InChI is InChI=1S/C11H23N3O/c1-3-6-13-11(12)14(2)8-10-5-4-7-15-9-10/h10H,3-9H2,1-2H3,(H2,12,13). The predicted molar refractivity (Wildman–Crippen MR) is 63.0 cm³/mol. The molecular formula is C11H23N3O. The topological polar surface area (TPSA) is 50.8 Å². The average Bonchev–Trinajstić information content (AvgIpc) is 2.27. The van der Waals surface area contributed by atoms with Crippen LogP contribution in [0.4, 0.5) is 0 Å². The highest BCUT2D eigenvalue weighted by atomic mass is 16.5. The minimum absolute atomic E-state index is 0.610. The fourth-order valence-electron chi connectivity index (χ4n) is 1.78. The third-order valence-corrected chi connectivity index (χ3v) is 2.68. The quantitative estimate of drug-likeness (QED) is 0.561. The molecule has 1 rings (SSSR count). The predicted octanol–water partition coefficient (Wildman–Crippen LogP) is 1.07. The molecule has 1 saturated heterocycles. The highest BCUT2D eigenvalue weighted by Gasteiger charge is 2.16. The van der Waals surface area contributed by atoms with Crippen molar-refractivity contribution in [1.82, 2.24) is 4.90 Å². The Kier molecular flexibility index (Phi) is 5.47. The van der Waals surface area contributed by atoms with Crippen LogP contribution in [0.1, 0.15) is 26.2 Å². The van der Waals surface area contributed by atoms with Gasteiger partial charge in [0, 0.05) is 26.7 Å². The molecule has 0 aliphatic carbocycles. The summed E-state index contributed by atoms with van der Waals surface area (Å²) >= 11 is 0. The zero-order valence-corrected chi connectivity index (χ0v) is 9.91. The van der Waals surface area contributed by atoms with Crippen molar-refractivity contribution in [2.24, 2.45) is 16.6 Å². The molecule has 1 aliphatic rings. The van der Waals surface area contributed by atoms with Crippen LogP contribution in [0, 0.1) is 5.92 Å². The molecular weight excluding hydrogens is 190 g/mol. The summed E-state index contributed by atoms with van der Waals surface area (Å²) in [7, 11) is 2.00. The second-order valence-electron chi connectivity index (χ2n) is 4.20. The Morgan fingerprint density at radius 3 is 3.00 bits per heavy atom. The van der Waals surface area contributed by atoms with Gasteiger partial charge in [-0.3, -0.25) is 4.99 Å². The molecule has 0 aromatic rings. The molecule has 0 aromatic heterocycles. The molecule has 1 unspecified atom stereocenters. The summed E-state index contributed by atoms with van der Waals surface area (Å²) in [5.74, 6) is 1.27. The summed E-state index contributed by atoms with van der Waals surface area (Å²) in [6, 6.07) is 0. The van der Waals surface area contributed by atoms with Crippen molar-refractivity contribution in [2.75, 3.05) is 33.4 Å². The van der Waals surface area contributed by atoms with Crippen LogP contribution in [0.5, 0.6) is 0 Å². The summed E-state index contributed by atoms with van der Waals surface area (Å²) in [5.41, 5.74) is 5.86. The second-order valence-corrected chi connectivity index (χ2v) is 4.20. The van der Waals surface area contributed by atoms with Crippen LogP contribution in [0.15, 0.2) is 4.99 Å². The van der Waals surface area contributed by atoms with Crippen LogP contribution >= 0.6 is 0 Å². The van der Waals surface area contributed by atoms with Crippen LogP contribution in [0.2, 0.25) is 0 Å². The van der Waals surface area contributed by atoms with E-state index in [1.54, 1.807) is 0 Å². The number of guanidine groups is 1. The Hall–Kier alpha value is -0.770. The molecule has 0 amide bonds. The summed E-state index contributed by atoms with van der Waals surface area (Å²) in [4.78, 5) is 6.32. The van der Waals surface area contributed by atoms with Crippen molar-refractivity contribution < 1.29 is 4.74 Å². The van der Waals surface area contributed by atoms with Gasteiger partial charge in [-0.1, -0.05) is 6.92 Å². The lowest BCUT2D eigenvalue weighted by atomic mass is 10.0. The van der Waals surface area contributed by atoms with E-state index in [1.165, 1.54) is 12.8 Å². The summed E-state index contributed by atoms with van der Waals surface area (Å²) in [6.45, 7) is 5.66. The van der Waals surface area contributed by atoms with Crippen molar-refractivity contribution in [3.05, 3.63) is 0 Å². The SMILES string of the molecule is CCCN=C(N)N(C)CC1CCCOC1. The van der Waals surface area contributed by atoms with Gasteiger partial charge in [0.25, 0.3) is 0 Å². The van der Waals surface area contributed by atoms with E-state index in [2.05, 4.69) is 11.9 Å². The maximum absolute atomic E-state index is 5.86. The molecule has 2 N–H and O–H groups in total. The van der Waals surface area contributed by atoms with Gasteiger partial charge in [0.2, 0.25) is 0 Å². The van der Waals surface area contributed by atoms with Gasteiger partial charge in [-0.2, -0.15) is 0 Å². The molecule has 1 heterocycles. The Balaban J connectivity index is 2.29. The summed E-state index contributed by atoms with van der Waals surface area (Å²) < 4.78 is 5.44. The summed E-state index contributed by atoms with van der Waals surface area (Å²) in [6.07, 6.45) is 3.46. The van der Waals surface area contributed by atoms with E-state index < -0.39 is 0 Å². The smallest absolute Gasteiger partial charge is 0.190 e. The van der Waals surface area contributed by atoms with Crippen molar-refractivity contribution in [1.29, 1.82) is 0 Å².